The van der Waals surface area contributed by atoms with E-state index in [2.05, 4.69) is 141 Å². The maximum Gasteiger partial charge on any atom is 0.220 e. The highest BCUT2D eigenvalue weighted by Gasteiger charge is 2.53. The lowest BCUT2D eigenvalue weighted by Gasteiger charge is -2.48. The molecule has 0 aliphatic carbocycles. The number of rotatable bonds is 46. The van der Waals surface area contributed by atoms with Crippen LogP contribution in [0.2, 0.25) is 0 Å². The van der Waals surface area contributed by atoms with Crippen LogP contribution in [0.1, 0.15) is 168 Å². The van der Waals surface area contributed by atoms with Crippen molar-refractivity contribution >= 4 is 5.91 Å². The second kappa shape index (κ2) is 49.0. The number of aliphatic hydroxyl groups is 11. The molecule has 87 heavy (non-hydrogen) atoms. The van der Waals surface area contributed by atoms with E-state index in [1.807, 2.05) is 0 Å². The number of aliphatic hydroxyl groups excluding tert-OH is 11. The molecule has 3 saturated heterocycles. The molecule has 3 fully saturated rings. The fraction of sp³-hybridized carbons (Fsp3) is 0.691. The van der Waals surface area contributed by atoms with Crippen LogP contribution in [0.25, 0.3) is 0 Å². The molecule has 3 aliphatic rings. The number of allylic oxidation sites excluding steroid dienone is 20. The van der Waals surface area contributed by atoms with Gasteiger partial charge in [-0.15, -0.1) is 0 Å². The van der Waals surface area contributed by atoms with Gasteiger partial charge in [-0.1, -0.05) is 193 Å². The Bertz CT molecular complexity index is 2050. The van der Waals surface area contributed by atoms with Crippen LogP contribution < -0.4 is 5.32 Å². The Balaban J connectivity index is 1.35. The van der Waals surface area contributed by atoms with Gasteiger partial charge in [0.25, 0.3) is 0 Å². The average Bonchev–Trinajstić information content (AvgIpc) is 2.35. The van der Waals surface area contributed by atoms with Crippen molar-refractivity contribution in [3.05, 3.63) is 122 Å². The third kappa shape index (κ3) is 31.7. The molecule has 0 bridgehead atoms. The SMILES string of the molecule is CC/C=C\C/C=C\C/C=C\C/C=C\C/C=C\C/C=C\C/C=C\C/C=C\C/C=C\C/C=C\CCCCCCC(=O)NC(COC1OC(CO)C(OC2OC(CO)C(OC3OC(CO)C(O)C(O)C3O)C(O)C2O)C(O)C1O)C(O)CCCCCCCCC. The zero-order chi connectivity index (χ0) is 63.3. The van der Waals surface area contributed by atoms with Crippen LogP contribution in [-0.4, -0.2) is 193 Å². The fourth-order valence-corrected chi connectivity index (χ4v) is 10.0. The van der Waals surface area contributed by atoms with Gasteiger partial charge in [0.05, 0.1) is 38.6 Å². The molecule has 17 atom stereocenters. The van der Waals surface area contributed by atoms with Crippen molar-refractivity contribution in [1.29, 1.82) is 0 Å². The maximum absolute atomic E-state index is 13.3. The summed E-state index contributed by atoms with van der Waals surface area (Å²) in [7, 11) is 0. The van der Waals surface area contributed by atoms with Crippen molar-refractivity contribution in [2.75, 3.05) is 26.4 Å². The zero-order valence-corrected chi connectivity index (χ0v) is 51.9. The predicted octanol–water partition coefficient (Wildman–Crippen LogP) is 7.26. The van der Waals surface area contributed by atoms with Gasteiger partial charge in [-0.05, 0) is 89.9 Å². The van der Waals surface area contributed by atoms with E-state index < -0.39 is 124 Å². The number of carbonyl (C=O) groups is 1. The summed E-state index contributed by atoms with van der Waals surface area (Å²) in [5.74, 6) is -0.279. The molecule has 3 aliphatic heterocycles. The molecule has 496 valence electrons. The third-order valence-corrected chi connectivity index (χ3v) is 15.3. The van der Waals surface area contributed by atoms with Crippen LogP contribution in [0.5, 0.6) is 0 Å². The second-order valence-electron chi connectivity index (χ2n) is 22.5. The van der Waals surface area contributed by atoms with E-state index in [1.54, 1.807) is 0 Å². The average molecular weight is 1230 g/mol. The molecule has 0 spiro atoms. The number of carbonyl (C=O) groups excluding carboxylic acids is 1. The summed E-state index contributed by atoms with van der Waals surface area (Å²) in [6.07, 6.45) is 39.1. The van der Waals surface area contributed by atoms with Crippen molar-refractivity contribution < 1.29 is 89.4 Å². The lowest BCUT2D eigenvalue weighted by molar-refractivity contribution is -0.379. The number of amides is 1. The number of nitrogens with one attached hydrogen (secondary N) is 1. The number of hydrogen-bond donors (Lipinski definition) is 12. The highest BCUT2D eigenvalue weighted by Crippen LogP contribution is 2.33. The van der Waals surface area contributed by atoms with Gasteiger partial charge < -0.3 is 89.9 Å². The highest BCUT2D eigenvalue weighted by atomic mass is 16.8. The summed E-state index contributed by atoms with van der Waals surface area (Å²) in [5.41, 5.74) is 0. The van der Waals surface area contributed by atoms with E-state index >= 15 is 0 Å². The van der Waals surface area contributed by atoms with Crippen LogP contribution in [0, 0.1) is 0 Å². The Labute approximate surface area is 518 Å². The summed E-state index contributed by atoms with van der Waals surface area (Å²) in [6.45, 7) is 1.56. The molecule has 0 aromatic rings. The monoisotopic (exact) mass is 1230 g/mol. The molecule has 0 aromatic carbocycles. The molecule has 19 nitrogen and oxygen atoms in total. The van der Waals surface area contributed by atoms with Crippen molar-refractivity contribution in [2.24, 2.45) is 0 Å². The van der Waals surface area contributed by atoms with Crippen LogP contribution >= 0.6 is 0 Å². The minimum absolute atomic E-state index is 0.227. The number of unbranched alkanes of at least 4 members (excludes halogenated alkanes) is 10. The quantitative estimate of drug-likeness (QED) is 0.0211. The Morgan fingerprint density at radius 3 is 1.24 bits per heavy atom. The maximum atomic E-state index is 13.3. The van der Waals surface area contributed by atoms with E-state index in [9.17, 15) is 61.0 Å². The van der Waals surface area contributed by atoms with Gasteiger partial charge in [0, 0.05) is 6.42 Å². The molecule has 0 aromatic heterocycles. The molecular weight excluding hydrogens is 1120 g/mol. The van der Waals surface area contributed by atoms with Crippen molar-refractivity contribution in [3.8, 4) is 0 Å². The van der Waals surface area contributed by atoms with E-state index in [0.29, 0.717) is 19.3 Å². The van der Waals surface area contributed by atoms with E-state index in [4.69, 9.17) is 28.4 Å². The van der Waals surface area contributed by atoms with Gasteiger partial charge in [-0.3, -0.25) is 4.79 Å². The van der Waals surface area contributed by atoms with Gasteiger partial charge in [0.2, 0.25) is 5.91 Å². The van der Waals surface area contributed by atoms with Crippen molar-refractivity contribution in [3.63, 3.8) is 0 Å². The normalized spacial score (nSPS) is 29.4. The van der Waals surface area contributed by atoms with Crippen LogP contribution in [0.4, 0.5) is 0 Å². The molecule has 3 rings (SSSR count). The Hall–Kier alpha value is -3.81. The summed E-state index contributed by atoms with van der Waals surface area (Å²) >= 11 is 0. The fourth-order valence-electron chi connectivity index (χ4n) is 10.0. The predicted molar refractivity (Wildman–Crippen MR) is 336 cm³/mol. The summed E-state index contributed by atoms with van der Waals surface area (Å²) < 4.78 is 34.2. The number of hydrogen-bond acceptors (Lipinski definition) is 18. The summed E-state index contributed by atoms with van der Waals surface area (Å²) in [5, 5.41) is 120. The van der Waals surface area contributed by atoms with Crippen LogP contribution in [0.3, 0.4) is 0 Å². The lowest BCUT2D eigenvalue weighted by atomic mass is 9.96. The molecular formula is C68H111NO18. The minimum atomic E-state index is -1.98. The molecule has 19 heteroatoms. The van der Waals surface area contributed by atoms with Gasteiger partial charge in [-0.2, -0.15) is 0 Å². The zero-order valence-electron chi connectivity index (χ0n) is 51.9. The van der Waals surface area contributed by atoms with Gasteiger partial charge in [0.15, 0.2) is 18.9 Å². The first kappa shape index (κ1) is 77.4. The van der Waals surface area contributed by atoms with E-state index in [0.717, 1.165) is 122 Å². The first-order valence-corrected chi connectivity index (χ1v) is 32.3. The second-order valence-corrected chi connectivity index (χ2v) is 22.5. The van der Waals surface area contributed by atoms with Gasteiger partial charge >= 0.3 is 0 Å². The lowest BCUT2D eigenvalue weighted by Crippen LogP contribution is -2.66. The Kier molecular flexibility index (Phi) is 43.6. The Morgan fingerprint density at radius 2 is 0.793 bits per heavy atom. The third-order valence-electron chi connectivity index (χ3n) is 15.3. The smallest absolute Gasteiger partial charge is 0.220 e. The van der Waals surface area contributed by atoms with Crippen molar-refractivity contribution in [2.45, 2.75) is 272 Å². The largest absolute Gasteiger partial charge is 0.394 e. The highest BCUT2D eigenvalue weighted by molar-refractivity contribution is 5.76. The molecule has 0 radical (unpaired) electrons. The standard InChI is InChI=1S/C68H111NO18/c1-3-5-7-9-11-12-13-14-15-16-17-18-19-20-21-22-23-24-25-26-27-28-29-30-31-32-33-34-35-36-37-38-40-42-44-46-56(74)69-51(52(73)45-43-41-39-10-8-6-4-2)50-82-66-62(80)59(77)64(54(48-71)84-66)87-68-63(81)60(78)65(55(49-72)85-68)86-67-61(79)58(76)57(75)53(47-70)83-67/h5,7,11-12,14-15,17-18,20-21,23-24,26-27,29-30,32-33,35-36,51-55,57-68,70-73,75-81H,3-4,6,8-10,13,16,19,22,25,28,31,34,37-50H2,1-2H3,(H,69,74)/b7-5-,12-11-,15-14-,18-17-,21-20-,24-23-,27-26-,30-29-,33-32-,36-35-. The molecule has 3 heterocycles. The topological polar surface area (TPSA) is 307 Å². The first-order chi connectivity index (χ1) is 42.3. The molecule has 17 unspecified atom stereocenters. The van der Waals surface area contributed by atoms with Gasteiger partial charge in [0.1, 0.15) is 73.2 Å². The summed E-state index contributed by atoms with van der Waals surface area (Å²) in [4.78, 5) is 13.3. The molecule has 0 saturated carbocycles. The Morgan fingerprint density at radius 1 is 0.425 bits per heavy atom. The number of ether oxygens (including phenoxy) is 6. The minimum Gasteiger partial charge on any atom is -0.394 e. The first-order valence-electron chi connectivity index (χ1n) is 32.3. The van der Waals surface area contributed by atoms with Crippen molar-refractivity contribution in [1.82, 2.24) is 5.32 Å². The summed E-state index contributed by atoms with van der Waals surface area (Å²) in [6, 6.07) is -0.907. The van der Waals surface area contributed by atoms with Crippen LogP contribution in [-0.2, 0) is 33.2 Å². The molecule has 12 N–H and O–H groups in total. The van der Waals surface area contributed by atoms with E-state index in [-0.39, 0.29) is 18.9 Å². The van der Waals surface area contributed by atoms with E-state index in [1.165, 1.54) is 6.42 Å². The van der Waals surface area contributed by atoms with Crippen LogP contribution in [0.15, 0.2) is 122 Å². The van der Waals surface area contributed by atoms with Gasteiger partial charge in [-0.25, -0.2) is 0 Å². The molecule has 1 amide bonds.